The number of ketones is 1. The van der Waals surface area contributed by atoms with Crippen molar-refractivity contribution in [3.63, 3.8) is 0 Å². The van der Waals surface area contributed by atoms with Gasteiger partial charge in [-0.05, 0) is 69.2 Å². The van der Waals surface area contributed by atoms with Crippen molar-refractivity contribution in [1.82, 2.24) is 0 Å². The minimum absolute atomic E-state index is 0.0493. The fourth-order valence-corrected chi connectivity index (χ4v) is 3.23. The van der Waals surface area contributed by atoms with Gasteiger partial charge in [-0.1, -0.05) is 12.1 Å². The molecule has 0 N–H and O–H groups in total. The van der Waals surface area contributed by atoms with Crippen LogP contribution in [0.5, 0.6) is 11.5 Å². The first-order valence-corrected chi connectivity index (χ1v) is 9.34. The molecule has 142 valence electrons. The number of carbonyl (C=O) groups excluding carboxylic acids is 2. The van der Waals surface area contributed by atoms with E-state index >= 15 is 0 Å². The fraction of sp³-hybridized carbons (Fsp3) is 0.333. The number of halogens is 2. The summed E-state index contributed by atoms with van der Waals surface area (Å²) in [6, 6.07) is 13.8. The lowest BCUT2D eigenvalue weighted by atomic mass is 10.1. The Hall–Kier alpha value is -2.04. The molecule has 2 aromatic rings. The van der Waals surface area contributed by atoms with Crippen LogP contribution < -0.4 is 9.47 Å². The zero-order valence-electron chi connectivity index (χ0n) is 15.3. The Balaban J connectivity index is 1.63. The number of carbonyl (C=O) groups is 2. The van der Waals surface area contributed by atoms with Crippen LogP contribution in [-0.2, 0) is 4.79 Å². The molecule has 0 amide bonds. The molecular formula is C21H20Cl2O4. The summed E-state index contributed by atoms with van der Waals surface area (Å²) in [5.41, 5.74) is 0.403. The molecule has 1 unspecified atom stereocenters. The van der Waals surface area contributed by atoms with E-state index in [4.69, 9.17) is 32.7 Å². The van der Waals surface area contributed by atoms with Crippen LogP contribution in [0, 0.1) is 0 Å². The molecule has 4 nitrogen and oxygen atoms in total. The maximum atomic E-state index is 12.5. The summed E-state index contributed by atoms with van der Waals surface area (Å²) in [5.74, 6) is 0.441. The number of rotatable bonds is 6. The molecular weight excluding hydrogens is 387 g/mol. The highest BCUT2D eigenvalue weighted by molar-refractivity contribution is 6.51. The predicted octanol–water partition coefficient (Wildman–Crippen LogP) is 5.31. The molecule has 1 fully saturated rings. The van der Waals surface area contributed by atoms with Gasteiger partial charge in [0.25, 0.3) is 0 Å². The lowest BCUT2D eigenvalue weighted by molar-refractivity contribution is -0.149. The number of alkyl halides is 2. The van der Waals surface area contributed by atoms with Crippen LogP contribution in [0.2, 0.25) is 0 Å². The van der Waals surface area contributed by atoms with Gasteiger partial charge >= 0.3 is 5.97 Å². The second-order valence-electron chi connectivity index (χ2n) is 7.17. The second-order valence-corrected chi connectivity index (χ2v) is 8.71. The van der Waals surface area contributed by atoms with Crippen LogP contribution in [0.1, 0.15) is 49.0 Å². The number of ether oxygens (including phenoxy) is 2. The minimum atomic E-state index is -1.19. The van der Waals surface area contributed by atoms with E-state index < -0.39 is 15.9 Å². The molecule has 2 aromatic carbocycles. The van der Waals surface area contributed by atoms with Gasteiger partial charge in [0.05, 0.1) is 0 Å². The highest BCUT2D eigenvalue weighted by Gasteiger charge is 2.52. The van der Waals surface area contributed by atoms with Gasteiger partial charge in [0, 0.05) is 11.5 Å². The summed E-state index contributed by atoms with van der Waals surface area (Å²) in [6.07, 6.45) is 0.733. The average Bonchev–Trinajstić information content (AvgIpc) is 3.24. The van der Waals surface area contributed by atoms with Gasteiger partial charge in [0.1, 0.15) is 15.8 Å². The van der Waals surface area contributed by atoms with E-state index in [2.05, 4.69) is 0 Å². The van der Waals surface area contributed by atoms with Gasteiger partial charge in [-0.25, -0.2) is 4.79 Å². The molecule has 0 aromatic heterocycles. The van der Waals surface area contributed by atoms with E-state index in [0.717, 1.165) is 12.0 Å². The molecule has 1 atom stereocenters. The van der Waals surface area contributed by atoms with Crippen molar-refractivity contribution >= 4 is 35.0 Å². The zero-order valence-corrected chi connectivity index (χ0v) is 16.8. The van der Waals surface area contributed by atoms with Crippen molar-refractivity contribution in [2.45, 2.75) is 43.0 Å². The molecule has 0 bridgehead atoms. The van der Waals surface area contributed by atoms with Crippen molar-refractivity contribution < 1.29 is 19.1 Å². The van der Waals surface area contributed by atoms with E-state index in [1.807, 2.05) is 12.1 Å². The number of benzene rings is 2. The quantitative estimate of drug-likeness (QED) is 0.282. The van der Waals surface area contributed by atoms with E-state index in [1.165, 1.54) is 6.92 Å². The lowest BCUT2D eigenvalue weighted by Gasteiger charge is -2.24. The Morgan fingerprint density at radius 2 is 1.52 bits per heavy atom. The Bertz CT molecular complexity index is 855. The highest BCUT2D eigenvalue weighted by atomic mass is 35.5. The first kappa shape index (κ1) is 19.7. The van der Waals surface area contributed by atoms with Crippen molar-refractivity contribution in [3.8, 4) is 11.5 Å². The average molecular weight is 407 g/mol. The molecule has 1 aliphatic rings. The fourth-order valence-electron chi connectivity index (χ4n) is 2.67. The summed E-state index contributed by atoms with van der Waals surface area (Å²) in [5, 5.41) is 0. The molecule has 3 rings (SSSR count). The van der Waals surface area contributed by atoms with Crippen LogP contribution in [0.4, 0.5) is 0 Å². The van der Waals surface area contributed by atoms with Crippen molar-refractivity contribution in [3.05, 3.63) is 59.7 Å². The first-order chi connectivity index (χ1) is 12.6. The van der Waals surface area contributed by atoms with Gasteiger partial charge in [-0.3, -0.25) is 4.79 Å². The van der Waals surface area contributed by atoms with Gasteiger partial charge < -0.3 is 9.47 Å². The Morgan fingerprint density at radius 1 is 1.00 bits per heavy atom. The third-order valence-electron chi connectivity index (χ3n) is 4.44. The number of esters is 1. The first-order valence-electron chi connectivity index (χ1n) is 8.58. The molecule has 0 aliphatic heterocycles. The van der Waals surface area contributed by atoms with Gasteiger partial charge in [0.15, 0.2) is 5.78 Å². The zero-order chi connectivity index (χ0) is 19.8. The molecule has 1 aliphatic carbocycles. The number of hydrogen-bond donors (Lipinski definition) is 0. The second kappa shape index (κ2) is 7.17. The molecule has 1 saturated carbocycles. The van der Waals surface area contributed by atoms with Crippen molar-refractivity contribution in [1.29, 1.82) is 0 Å². The van der Waals surface area contributed by atoms with Gasteiger partial charge in [0.2, 0.25) is 5.60 Å². The molecule has 0 heterocycles. The van der Waals surface area contributed by atoms with Crippen LogP contribution >= 0.6 is 23.2 Å². The monoisotopic (exact) mass is 406 g/mol. The molecule has 6 heteroatoms. The van der Waals surface area contributed by atoms with Crippen LogP contribution in [0.15, 0.2) is 48.5 Å². The van der Waals surface area contributed by atoms with Crippen molar-refractivity contribution in [2.24, 2.45) is 0 Å². The number of Topliss-reactive ketones (excluding diaryl/α,β-unsaturated/α-hetero) is 1. The summed E-state index contributed by atoms with van der Waals surface area (Å²) in [7, 11) is 0. The van der Waals surface area contributed by atoms with E-state index in [0.29, 0.717) is 17.1 Å². The topological polar surface area (TPSA) is 52.6 Å². The smallest absolute Gasteiger partial charge is 0.355 e. The molecule has 0 radical (unpaired) electrons. The standard InChI is InChI=1S/C21H20Cl2O4/c1-13(24)14-4-8-16(9-5-14)26-19(25)20(2,3)27-17-10-6-15(7-11-17)18-12-21(18,22)23/h4-11,18H,12H2,1-3H3. The van der Waals surface area contributed by atoms with E-state index in [9.17, 15) is 9.59 Å². The van der Waals surface area contributed by atoms with Gasteiger partial charge in [-0.2, -0.15) is 0 Å². The third-order valence-corrected chi connectivity index (χ3v) is 5.28. The number of hydrogen-bond acceptors (Lipinski definition) is 4. The highest BCUT2D eigenvalue weighted by Crippen LogP contribution is 2.59. The largest absolute Gasteiger partial charge is 0.476 e. The lowest BCUT2D eigenvalue weighted by Crippen LogP contribution is -2.41. The summed E-state index contributed by atoms with van der Waals surface area (Å²) < 4.78 is 10.5. The van der Waals surface area contributed by atoms with Crippen LogP contribution in [0.3, 0.4) is 0 Å². The third kappa shape index (κ3) is 4.63. The summed E-state index contributed by atoms with van der Waals surface area (Å²) in [6.45, 7) is 4.75. The summed E-state index contributed by atoms with van der Waals surface area (Å²) >= 11 is 12.2. The maximum Gasteiger partial charge on any atom is 0.355 e. The van der Waals surface area contributed by atoms with E-state index in [1.54, 1.807) is 50.2 Å². The SMILES string of the molecule is CC(=O)c1ccc(OC(=O)C(C)(C)Oc2ccc(C3CC3(Cl)Cl)cc2)cc1. The molecule has 0 spiro atoms. The molecule has 0 saturated heterocycles. The van der Waals surface area contributed by atoms with Gasteiger partial charge in [-0.15, -0.1) is 23.2 Å². The Kier molecular flexibility index (Phi) is 5.24. The molecule has 27 heavy (non-hydrogen) atoms. The summed E-state index contributed by atoms with van der Waals surface area (Å²) in [4.78, 5) is 23.8. The van der Waals surface area contributed by atoms with Crippen LogP contribution in [-0.4, -0.2) is 21.7 Å². The van der Waals surface area contributed by atoms with Crippen LogP contribution in [0.25, 0.3) is 0 Å². The predicted molar refractivity (Wildman–Crippen MR) is 105 cm³/mol. The Morgan fingerprint density at radius 3 is 2.00 bits per heavy atom. The Labute approximate surface area is 168 Å². The van der Waals surface area contributed by atoms with E-state index in [-0.39, 0.29) is 11.7 Å². The normalized spacial score (nSPS) is 17.9. The maximum absolute atomic E-state index is 12.5. The van der Waals surface area contributed by atoms with Crippen molar-refractivity contribution in [2.75, 3.05) is 0 Å². The minimum Gasteiger partial charge on any atom is -0.476 e.